The molecule has 24 heavy (non-hydrogen) atoms. The lowest BCUT2D eigenvalue weighted by molar-refractivity contribution is 0.139. The molecular formula is C12H3Cl3F5N3S. The number of benzene rings is 1. The van der Waals surface area contributed by atoms with Crippen LogP contribution in [0.2, 0.25) is 5.02 Å². The molecule has 0 fully saturated rings. The maximum absolute atomic E-state index is 14.0. The summed E-state index contributed by atoms with van der Waals surface area (Å²) in [7, 11) is 0. The summed E-state index contributed by atoms with van der Waals surface area (Å²) in [5, 5.41) is 11.9. The van der Waals surface area contributed by atoms with Gasteiger partial charge in [-0.05, 0) is 17.8 Å². The second-order valence-electron chi connectivity index (χ2n) is 4.15. The van der Waals surface area contributed by atoms with Gasteiger partial charge >= 0.3 is 3.92 Å². The number of nitriles is 1. The minimum Gasteiger partial charge on any atom is -0.225 e. The van der Waals surface area contributed by atoms with Crippen molar-refractivity contribution in [3.05, 3.63) is 40.2 Å². The van der Waals surface area contributed by atoms with Crippen LogP contribution >= 0.6 is 46.6 Å². The summed E-state index contributed by atoms with van der Waals surface area (Å²) < 4.78 is 64.6. The third-order valence-corrected chi connectivity index (χ3v) is 4.19. The molecule has 0 bridgehead atoms. The molecule has 1 heterocycles. The largest absolute Gasteiger partial charge is 0.309 e. The van der Waals surface area contributed by atoms with Crippen LogP contribution in [0.1, 0.15) is 17.8 Å². The Hall–Kier alpha value is -1.21. The van der Waals surface area contributed by atoms with Crippen molar-refractivity contribution in [1.82, 2.24) is 9.78 Å². The first-order valence-electron chi connectivity index (χ1n) is 5.77. The predicted molar refractivity (Wildman–Crippen MR) is 79.6 cm³/mol. The fourth-order valence-electron chi connectivity index (χ4n) is 1.81. The van der Waals surface area contributed by atoms with Gasteiger partial charge in [0.25, 0.3) is 6.43 Å². The first-order valence-corrected chi connectivity index (χ1v) is 7.72. The molecule has 2 aromatic rings. The average Bonchev–Trinajstić information content (AvgIpc) is 2.73. The first kappa shape index (κ1) is 19.1. The van der Waals surface area contributed by atoms with E-state index in [1.54, 1.807) is 0 Å². The quantitative estimate of drug-likeness (QED) is 0.357. The topological polar surface area (TPSA) is 41.6 Å². The van der Waals surface area contributed by atoms with Crippen LogP contribution in [0.25, 0.3) is 5.69 Å². The standard InChI is InChI=1S/C12H3Cl3F5N3S/c13-5-1-4(16)2-6(17)8(5)23-9(11(18)19)10(7(3-21)22-23)24-12(14,15)20/h1-2,11H. The molecule has 0 unspecified atom stereocenters. The summed E-state index contributed by atoms with van der Waals surface area (Å²) >= 11 is 15.8. The number of nitrogens with zero attached hydrogens (tertiary/aromatic N) is 3. The van der Waals surface area contributed by atoms with Crippen molar-refractivity contribution >= 4 is 46.6 Å². The molecule has 0 aliphatic carbocycles. The summed E-state index contributed by atoms with van der Waals surface area (Å²) in [6.07, 6.45) is -3.32. The molecule has 0 radical (unpaired) electrons. The molecule has 0 aliphatic heterocycles. The maximum atomic E-state index is 14.0. The Labute approximate surface area is 150 Å². The van der Waals surface area contributed by atoms with Crippen LogP contribution in [0.15, 0.2) is 17.0 Å². The fourth-order valence-corrected chi connectivity index (χ4v) is 3.24. The number of thioether (sulfide) groups is 1. The third kappa shape index (κ3) is 3.88. The SMILES string of the molecule is N#Cc1nn(-c2c(F)cc(F)cc2Cl)c(C(F)F)c1SC(F)(Cl)Cl. The van der Waals surface area contributed by atoms with Gasteiger partial charge in [-0.15, -0.1) is 0 Å². The van der Waals surface area contributed by atoms with E-state index in [-0.39, 0.29) is 11.8 Å². The summed E-state index contributed by atoms with van der Waals surface area (Å²) in [6, 6.07) is 2.50. The van der Waals surface area contributed by atoms with Gasteiger partial charge in [0, 0.05) is 6.07 Å². The molecule has 2 rings (SSSR count). The number of halogens is 8. The molecule has 0 saturated heterocycles. The van der Waals surface area contributed by atoms with E-state index in [1.807, 2.05) is 0 Å². The van der Waals surface area contributed by atoms with Crippen LogP contribution < -0.4 is 0 Å². The maximum Gasteiger partial charge on any atom is 0.309 e. The number of alkyl halides is 5. The predicted octanol–water partition coefficient (Wildman–Crippen LogP) is 5.76. The van der Waals surface area contributed by atoms with Gasteiger partial charge in [-0.1, -0.05) is 34.8 Å². The van der Waals surface area contributed by atoms with Crippen molar-refractivity contribution in [1.29, 1.82) is 5.26 Å². The Kier molecular flexibility index (Phi) is 5.54. The van der Waals surface area contributed by atoms with Gasteiger partial charge in [0.15, 0.2) is 11.5 Å². The third-order valence-electron chi connectivity index (χ3n) is 2.60. The van der Waals surface area contributed by atoms with E-state index < -0.39 is 49.0 Å². The Balaban J connectivity index is 2.80. The summed E-state index contributed by atoms with van der Waals surface area (Å²) in [6.45, 7) is 0. The van der Waals surface area contributed by atoms with Crippen LogP contribution in [0.5, 0.6) is 0 Å². The van der Waals surface area contributed by atoms with E-state index in [1.165, 1.54) is 6.07 Å². The normalized spacial score (nSPS) is 11.8. The van der Waals surface area contributed by atoms with Crippen LogP contribution in [-0.4, -0.2) is 13.7 Å². The van der Waals surface area contributed by atoms with E-state index in [0.29, 0.717) is 16.8 Å². The van der Waals surface area contributed by atoms with Crippen LogP contribution in [0.3, 0.4) is 0 Å². The lowest BCUT2D eigenvalue weighted by Gasteiger charge is -2.12. The zero-order valence-electron chi connectivity index (χ0n) is 11.0. The Morgan fingerprint density at radius 1 is 1.29 bits per heavy atom. The van der Waals surface area contributed by atoms with E-state index in [4.69, 9.17) is 40.1 Å². The molecule has 0 atom stereocenters. The number of hydrogen-bond donors (Lipinski definition) is 0. The van der Waals surface area contributed by atoms with Crippen LogP contribution in [0, 0.1) is 23.0 Å². The molecule has 0 saturated carbocycles. The van der Waals surface area contributed by atoms with E-state index in [0.717, 1.165) is 0 Å². The molecule has 0 N–H and O–H groups in total. The highest BCUT2D eigenvalue weighted by Crippen LogP contribution is 2.46. The fraction of sp³-hybridized carbons (Fsp3) is 0.167. The van der Waals surface area contributed by atoms with Gasteiger partial charge < -0.3 is 0 Å². The van der Waals surface area contributed by atoms with Crippen LogP contribution in [0.4, 0.5) is 22.0 Å². The second-order valence-corrected chi connectivity index (χ2v) is 7.42. The Bertz CT molecular complexity index is 806. The molecule has 3 nitrogen and oxygen atoms in total. The van der Waals surface area contributed by atoms with Gasteiger partial charge in [0.1, 0.15) is 23.3 Å². The molecule has 0 spiro atoms. The van der Waals surface area contributed by atoms with Crippen molar-refractivity contribution in [2.45, 2.75) is 15.2 Å². The first-order chi connectivity index (χ1) is 11.0. The summed E-state index contributed by atoms with van der Waals surface area (Å²) in [4.78, 5) is -0.695. The Morgan fingerprint density at radius 3 is 2.38 bits per heavy atom. The minimum atomic E-state index is -3.32. The van der Waals surface area contributed by atoms with Gasteiger partial charge in [0.05, 0.1) is 9.92 Å². The van der Waals surface area contributed by atoms with Crippen LogP contribution in [-0.2, 0) is 0 Å². The highest BCUT2D eigenvalue weighted by atomic mass is 35.5. The van der Waals surface area contributed by atoms with Gasteiger partial charge in [-0.2, -0.15) is 14.8 Å². The van der Waals surface area contributed by atoms with Crippen molar-refractivity contribution in [3.8, 4) is 11.8 Å². The van der Waals surface area contributed by atoms with E-state index in [2.05, 4.69) is 5.10 Å². The summed E-state index contributed by atoms with van der Waals surface area (Å²) in [5.74, 6) is -2.36. The van der Waals surface area contributed by atoms with Gasteiger partial charge in [-0.25, -0.2) is 22.2 Å². The van der Waals surface area contributed by atoms with Crippen molar-refractivity contribution < 1.29 is 22.0 Å². The molecule has 1 aromatic heterocycles. The highest BCUT2D eigenvalue weighted by molar-refractivity contribution is 8.03. The van der Waals surface area contributed by atoms with Crippen molar-refractivity contribution in [2.24, 2.45) is 0 Å². The summed E-state index contributed by atoms with van der Waals surface area (Å²) in [5.41, 5.74) is -2.48. The molecule has 128 valence electrons. The zero-order valence-corrected chi connectivity index (χ0v) is 14.1. The number of hydrogen-bond acceptors (Lipinski definition) is 3. The zero-order chi connectivity index (χ0) is 18.2. The highest BCUT2D eigenvalue weighted by Gasteiger charge is 2.34. The lowest BCUT2D eigenvalue weighted by Crippen LogP contribution is -2.07. The minimum absolute atomic E-state index is 0.124. The smallest absolute Gasteiger partial charge is 0.225 e. The van der Waals surface area contributed by atoms with Gasteiger partial charge in [0.2, 0.25) is 0 Å². The molecule has 12 heteroatoms. The number of aromatic nitrogens is 2. The Morgan fingerprint density at radius 2 is 1.92 bits per heavy atom. The van der Waals surface area contributed by atoms with Crippen molar-refractivity contribution in [3.63, 3.8) is 0 Å². The average molecular weight is 423 g/mol. The molecular weight excluding hydrogens is 420 g/mol. The monoisotopic (exact) mass is 421 g/mol. The van der Waals surface area contributed by atoms with E-state index >= 15 is 0 Å². The molecule has 1 aromatic carbocycles. The second kappa shape index (κ2) is 6.96. The lowest BCUT2D eigenvalue weighted by atomic mass is 10.3. The van der Waals surface area contributed by atoms with Crippen molar-refractivity contribution in [2.75, 3.05) is 0 Å². The van der Waals surface area contributed by atoms with Gasteiger partial charge in [-0.3, -0.25) is 0 Å². The molecule has 0 amide bonds. The number of rotatable bonds is 4. The molecule has 0 aliphatic rings. The van der Waals surface area contributed by atoms with E-state index in [9.17, 15) is 22.0 Å².